The zero-order chi connectivity index (χ0) is 14.8. The van der Waals surface area contributed by atoms with Crippen LogP contribution in [0.15, 0.2) is 29.1 Å². The fourth-order valence-corrected chi connectivity index (χ4v) is 2.91. The Morgan fingerprint density at radius 2 is 2.14 bits per heavy atom. The minimum Gasteiger partial charge on any atom is -0.348 e. The SMILES string of the molecule is Cc1c(C(=O)N[C@H]2CCCNC2)c(=O)[nH]c2ccccc12. The Balaban J connectivity index is 1.95. The lowest BCUT2D eigenvalue weighted by Gasteiger charge is -2.24. The molecule has 1 saturated heterocycles. The van der Waals surface area contributed by atoms with Gasteiger partial charge in [-0.05, 0) is 37.9 Å². The maximum absolute atomic E-state index is 12.4. The number of H-pyrrole nitrogens is 1. The zero-order valence-corrected chi connectivity index (χ0v) is 12.0. The smallest absolute Gasteiger partial charge is 0.261 e. The number of piperidine rings is 1. The Hall–Kier alpha value is -2.14. The maximum atomic E-state index is 12.4. The van der Waals surface area contributed by atoms with Crippen LogP contribution in [0.1, 0.15) is 28.8 Å². The molecule has 1 fully saturated rings. The number of hydrogen-bond donors (Lipinski definition) is 3. The molecule has 110 valence electrons. The van der Waals surface area contributed by atoms with E-state index < -0.39 is 0 Å². The molecule has 0 radical (unpaired) electrons. The van der Waals surface area contributed by atoms with Crippen LogP contribution in [0.25, 0.3) is 10.9 Å². The highest BCUT2D eigenvalue weighted by Gasteiger charge is 2.20. The fourth-order valence-electron chi connectivity index (χ4n) is 2.91. The van der Waals surface area contributed by atoms with Crippen LogP contribution in [0.2, 0.25) is 0 Å². The van der Waals surface area contributed by atoms with Gasteiger partial charge in [0.25, 0.3) is 11.5 Å². The average molecular weight is 285 g/mol. The second-order valence-electron chi connectivity index (χ2n) is 5.52. The summed E-state index contributed by atoms with van der Waals surface area (Å²) in [6.07, 6.45) is 1.99. The quantitative estimate of drug-likeness (QED) is 0.779. The minimum atomic E-state index is -0.326. The monoisotopic (exact) mass is 285 g/mol. The molecule has 1 aromatic heterocycles. The molecule has 3 N–H and O–H groups in total. The van der Waals surface area contributed by atoms with Gasteiger partial charge in [-0.15, -0.1) is 0 Å². The third-order valence-corrected chi connectivity index (χ3v) is 4.04. The van der Waals surface area contributed by atoms with E-state index in [2.05, 4.69) is 15.6 Å². The number of rotatable bonds is 2. The lowest BCUT2D eigenvalue weighted by Crippen LogP contribution is -2.46. The number of fused-ring (bicyclic) bond motifs is 1. The molecule has 1 aliphatic heterocycles. The van der Waals surface area contributed by atoms with E-state index in [-0.39, 0.29) is 23.1 Å². The second kappa shape index (κ2) is 5.69. The van der Waals surface area contributed by atoms with E-state index in [1.165, 1.54) is 0 Å². The van der Waals surface area contributed by atoms with E-state index in [9.17, 15) is 9.59 Å². The van der Waals surface area contributed by atoms with Crippen molar-refractivity contribution in [1.82, 2.24) is 15.6 Å². The van der Waals surface area contributed by atoms with Gasteiger partial charge in [0.05, 0.1) is 0 Å². The van der Waals surface area contributed by atoms with Crippen molar-refractivity contribution in [3.05, 3.63) is 45.7 Å². The number of amides is 1. The van der Waals surface area contributed by atoms with E-state index in [1.54, 1.807) is 0 Å². The highest BCUT2D eigenvalue weighted by molar-refractivity contribution is 6.00. The predicted octanol–water partition coefficient (Wildman–Crippen LogP) is 1.32. The van der Waals surface area contributed by atoms with E-state index in [4.69, 9.17) is 0 Å². The van der Waals surface area contributed by atoms with Gasteiger partial charge in [-0.25, -0.2) is 0 Å². The first-order chi connectivity index (χ1) is 10.2. The third-order valence-electron chi connectivity index (χ3n) is 4.04. The number of nitrogens with one attached hydrogen (secondary N) is 3. The van der Waals surface area contributed by atoms with Gasteiger partial charge < -0.3 is 15.6 Å². The molecule has 3 rings (SSSR count). The van der Waals surface area contributed by atoms with Crippen molar-refractivity contribution in [3.63, 3.8) is 0 Å². The number of para-hydroxylation sites is 1. The summed E-state index contributed by atoms with van der Waals surface area (Å²) >= 11 is 0. The first kappa shape index (κ1) is 13.8. The summed E-state index contributed by atoms with van der Waals surface area (Å²) in [6.45, 7) is 3.57. The van der Waals surface area contributed by atoms with Crippen molar-refractivity contribution >= 4 is 16.8 Å². The molecule has 0 unspecified atom stereocenters. The van der Waals surface area contributed by atoms with Gasteiger partial charge in [-0.3, -0.25) is 9.59 Å². The van der Waals surface area contributed by atoms with Crippen molar-refractivity contribution in [2.45, 2.75) is 25.8 Å². The molecule has 0 spiro atoms. The molecule has 2 heterocycles. The topological polar surface area (TPSA) is 74.0 Å². The van der Waals surface area contributed by atoms with Gasteiger partial charge in [-0.2, -0.15) is 0 Å². The Labute approximate surface area is 122 Å². The van der Waals surface area contributed by atoms with Crippen LogP contribution in [0, 0.1) is 6.92 Å². The van der Waals surface area contributed by atoms with Crippen LogP contribution in [0.4, 0.5) is 0 Å². The second-order valence-corrected chi connectivity index (χ2v) is 5.52. The number of aromatic amines is 1. The molecule has 0 bridgehead atoms. The maximum Gasteiger partial charge on any atom is 0.261 e. The van der Waals surface area contributed by atoms with Gasteiger partial charge in [0.15, 0.2) is 0 Å². The molecule has 0 saturated carbocycles. The summed E-state index contributed by atoms with van der Waals surface area (Å²) in [4.78, 5) is 27.4. The Morgan fingerprint density at radius 3 is 2.90 bits per heavy atom. The van der Waals surface area contributed by atoms with Crippen LogP contribution in [0.3, 0.4) is 0 Å². The summed E-state index contributed by atoms with van der Waals surface area (Å²) in [6, 6.07) is 7.62. The number of carbonyl (C=O) groups is 1. The number of pyridine rings is 1. The van der Waals surface area contributed by atoms with E-state index in [0.717, 1.165) is 42.4 Å². The number of benzene rings is 1. The summed E-state index contributed by atoms with van der Waals surface area (Å²) in [5.74, 6) is -0.284. The van der Waals surface area contributed by atoms with Crippen LogP contribution in [-0.2, 0) is 0 Å². The Morgan fingerprint density at radius 1 is 1.33 bits per heavy atom. The average Bonchev–Trinajstić information content (AvgIpc) is 2.48. The highest BCUT2D eigenvalue weighted by Crippen LogP contribution is 2.17. The van der Waals surface area contributed by atoms with Gasteiger partial charge in [0, 0.05) is 23.5 Å². The van der Waals surface area contributed by atoms with Gasteiger partial charge in [0.2, 0.25) is 0 Å². The molecule has 5 nitrogen and oxygen atoms in total. The summed E-state index contributed by atoms with van der Waals surface area (Å²) in [7, 11) is 0. The molecule has 5 heteroatoms. The lowest BCUT2D eigenvalue weighted by atomic mass is 10.0. The zero-order valence-electron chi connectivity index (χ0n) is 12.0. The van der Waals surface area contributed by atoms with Gasteiger partial charge in [0.1, 0.15) is 5.56 Å². The van der Waals surface area contributed by atoms with Gasteiger partial charge in [-0.1, -0.05) is 18.2 Å². The molecule has 2 aromatic rings. The molecule has 1 atom stereocenters. The summed E-state index contributed by atoms with van der Waals surface area (Å²) in [5, 5.41) is 7.12. The largest absolute Gasteiger partial charge is 0.348 e. The molecule has 1 amide bonds. The van der Waals surface area contributed by atoms with E-state index in [0.29, 0.717) is 0 Å². The van der Waals surface area contributed by atoms with Crippen molar-refractivity contribution in [2.24, 2.45) is 0 Å². The fraction of sp³-hybridized carbons (Fsp3) is 0.375. The Bertz CT molecular complexity index is 730. The highest BCUT2D eigenvalue weighted by atomic mass is 16.2. The van der Waals surface area contributed by atoms with Crippen molar-refractivity contribution in [3.8, 4) is 0 Å². The predicted molar refractivity (Wildman–Crippen MR) is 82.7 cm³/mol. The van der Waals surface area contributed by atoms with Crippen molar-refractivity contribution in [2.75, 3.05) is 13.1 Å². The van der Waals surface area contributed by atoms with Crippen molar-refractivity contribution < 1.29 is 4.79 Å². The van der Waals surface area contributed by atoms with Crippen LogP contribution >= 0.6 is 0 Å². The number of aryl methyl sites for hydroxylation is 1. The van der Waals surface area contributed by atoms with Gasteiger partial charge >= 0.3 is 0 Å². The molecular weight excluding hydrogens is 266 g/mol. The Kier molecular flexibility index (Phi) is 3.75. The normalized spacial score (nSPS) is 18.6. The molecule has 21 heavy (non-hydrogen) atoms. The summed E-state index contributed by atoms with van der Waals surface area (Å²) in [5.41, 5.74) is 1.39. The van der Waals surface area contributed by atoms with E-state index in [1.807, 2.05) is 31.2 Å². The lowest BCUT2D eigenvalue weighted by molar-refractivity contribution is 0.0928. The first-order valence-electron chi connectivity index (χ1n) is 7.30. The number of carbonyl (C=O) groups excluding carboxylic acids is 1. The summed E-state index contributed by atoms with van der Waals surface area (Å²) < 4.78 is 0. The van der Waals surface area contributed by atoms with Crippen molar-refractivity contribution in [1.29, 1.82) is 0 Å². The molecular formula is C16H19N3O2. The first-order valence-corrected chi connectivity index (χ1v) is 7.30. The molecule has 1 aromatic carbocycles. The van der Waals surface area contributed by atoms with Crippen LogP contribution in [-0.4, -0.2) is 30.0 Å². The minimum absolute atomic E-state index is 0.0940. The molecule has 0 aliphatic carbocycles. The number of hydrogen-bond acceptors (Lipinski definition) is 3. The van der Waals surface area contributed by atoms with Crippen LogP contribution in [0.5, 0.6) is 0 Å². The van der Waals surface area contributed by atoms with Crippen LogP contribution < -0.4 is 16.2 Å². The van der Waals surface area contributed by atoms with E-state index >= 15 is 0 Å². The third kappa shape index (κ3) is 2.69. The molecule has 1 aliphatic rings. The number of aromatic nitrogens is 1. The standard InChI is InChI=1S/C16H19N3O2/c1-10-12-6-2-3-7-13(12)19-16(21)14(10)15(20)18-11-5-4-8-17-9-11/h2-3,6-7,11,17H,4-5,8-9H2,1H3,(H,18,20)(H,19,21)/t11-/m0/s1.